The van der Waals surface area contributed by atoms with E-state index in [1.165, 1.54) is 0 Å². The summed E-state index contributed by atoms with van der Waals surface area (Å²) in [5, 5.41) is 7.22. The average Bonchev–Trinajstić information content (AvgIpc) is 2.92. The van der Waals surface area contributed by atoms with Crippen LogP contribution in [0.2, 0.25) is 0 Å². The minimum Gasteiger partial charge on any atom is -0.482 e. The van der Waals surface area contributed by atoms with E-state index in [2.05, 4.69) is 45.2 Å². The molecular weight excluding hydrogens is 334 g/mol. The Morgan fingerprint density at radius 2 is 2.19 bits per heavy atom. The van der Waals surface area contributed by atoms with Crippen molar-refractivity contribution in [3.8, 4) is 5.75 Å². The summed E-state index contributed by atoms with van der Waals surface area (Å²) in [6, 6.07) is 6.00. The molecule has 21 heavy (non-hydrogen) atoms. The van der Waals surface area contributed by atoms with Crippen LogP contribution in [0.25, 0.3) is 0 Å². The van der Waals surface area contributed by atoms with Crippen LogP contribution in [0.4, 0.5) is 0 Å². The van der Waals surface area contributed by atoms with Gasteiger partial charge < -0.3 is 14.6 Å². The molecule has 0 bridgehead atoms. The predicted molar refractivity (Wildman–Crippen MR) is 84.1 cm³/mol. The summed E-state index contributed by atoms with van der Waals surface area (Å²) in [4.78, 5) is 4.30. The van der Waals surface area contributed by atoms with E-state index in [9.17, 15) is 0 Å². The van der Waals surface area contributed by atoms with Gasteiger partial charge in [0, 0.05) is 18.5 Å². The molecule has 1 heterocycles. The molecule has 2 rings (SSSR count). The van der Waals surface area contributed by atoms with Crippen molar-refractivity contribution in [2.45, 2.75) is 39.8 Å². The van der Waals surface area contributed by atoms with Crippen molar-refractivity contribution >= 4 is 15.9 Å². The van der Waals surface area contributed by atoms with E-state index in [0.29, 0.717) is 5.89 Å². The van der Waals surface area contributed by atoms with Crippen LogP contribution in [0.5, 0.6) is 5.75 Å². The second-order valence-corrected chi connectivity index (χ2v) is 5.51. The van der Waals surface area contributed by atoms with Crippen LogP contribution in [0.1, 0.15) is 37.5 Å². The second kappa shape index (κ2) is 8.14. The maximum Gasteiger partial charge on any atom is 0.264 e. The van der Waals surface area contributed by atoms with Crippen molar-refractivity contribution in [1.82, 2.24) is 15.5 Å². The minimum atomic E-state index is 0.276. The van der Waals surface area contributed by atoms with Crippen LogP contribution in [-0.4, -0.2) is 16.7 Å². The molecule has 0 aliphatic heterocycles. The minimum absolute atomic E-state index is 0.276. The lowest BCUT2D eigenvalue weighted by molar-refractivity contribution is 0.239. The zero-order valence-electron chi connectivity index (χ0n) is 12.4. The summed E-state index contributed by atoms with van der Waals surface area (Å²) >= 11 is 3.52. The fraction of sp³-hybridized carbons (Fsp3) is 0.467. The molecule has 114 valence electrons. The number of hydrogen-bond donors (Lipinski definition) is 1. The molecule has 0 fully saturated rings. The van der Waals surface area contributed by atoms with Gasteiger partial charge in [-0.25, -0.2) is 0 Å². The molecule has 5 nitrogen and oxygen atoms in total. The van der Waals surface area contributed by atoms with Crippen LogP contribution in [0.15, 0.2) is 27.2 Å². The first-order chi connectivity index (χ1) is 10.2. The Labute approximate surface area is 133 Å². The van der Waals surface area contributed by atoms with E-state index in [-0.39, 0.29) is 6.61 Å². The van der Waals surface area contributed by atoms with Gasteiger partial charge in [0.1, 0.15) is 5.75 Å². The molecule has 1 aromatic heterocycles. The number of nitrogens with zero attached hydrogens (tertiary/aromatic N) is 2. The first-order valence-electron chi connectivity index (χ1n) is 7.17. The Hall–Kier alpha value is -1.40. The third-order valence-corrected chi connectivity index (χ3v) is 3.56. The van der Waals surface area contributed by atoms with Gasteiger partial charge in [-0.3, -0.25) is 0 Å². The topological polar surface area (TPSA) is 60.2 Å². The zero-order valence-corrected chi connectivity index (χ0v) is 13.9. The fourth-order valence-corrected chi connectivity index (χ4v) is 2.44. The van der Waals surface area contributed by atoms with Crippen molar-refractivity contribution < 1.29 is 9.26 Å². The van der Waals surface area contributed by atoms with E-state index >= 15 is 0 Å². The smallest absolute Gasteiger partial charge is 0.264 e. The summed E-state index contributed by atoms with van der Waals surface area (Å²) in [6.45, 7) is 6.11. The SMILES string of the molecule is CCCc1noc(COc2c(Br)cccc2CNCC)n1. The third kappa shape index (κ3) is 4.54. The summed E-state index contributed by atoms with van der Waals surface area (Å²) in [6.07, 6.45) is 1.82. The molecule has 2 aromatic rings. The number of nitrogens with one attached hydrogen (secondary N) is 1. The van der Waals surface area contributed by atoms with Crippen molar-refractivity contribution in [1.29, 1.82) is 0 Å². The van der Waals surface area contributed by atoms with Gasteiger partial charge in [0.2, 0.25) is 0 Å². The largest absolute Gasteiger partial charge is 0.482 e. The maximum absolute atomic E-state index is 5.86. The van der Waals surface area contributed by atoms with Crippen molar-refractivity contribution in [3.63, 3.8) is 0 Å². The van der Waals surface area contributed by atoms with Gasteiger partial charge in [-0.2, -0.15) is 4.98 Å². The Kier molecular flexibility index (Phi) is 6.20. The van der Waals surface area contributed by atoms with Crippen LogP contribution >= 0.6 is 15.9 Å². The molecule has 0 radical (unpaired) electrons. The Bertz CT molecular complexity index is 572. The lowest BCUT2D eigenvalue weighted by Crippen LogP contribution is -2.13. The number of hydrogen-bond acceptors (Lipinski definition) is 5. The highest BCUT2D eigenvalue weighted by Crippen LogP contribution is 2.29. The van der Waals surface area contributed by atoms with E-state index in [4.69, 9.17) is 9.26 Å². The van der Waals surface area contributed by atoms with E-state index < -0.39 is 0 Å². The highest BCUT2D eigenvalue weighted by Gasteiger charge is 2.11. The van der Waals surface area contributed by atoms with Crippen LogP contribution in [0.3, 0.4) is 0 Å². The number of ether oxygens (including phenoxy) is 1. The summed E-state index contributed by atoms with van der Waals surface area (Å²) < 4.78 is 12.0. The summed E-state index contributed by atoms with van der Waals surface area (Å²) in [5.41, 5.74) is 1.10. The zero-order chi connectivity index (χ0) is 15.1. The van der Waals surface area contributed by atoms with Gasteiger partial charge in [0.25, 0.3) is 5.89 Å². The maximum atomic E-state index is 5.86. The standard InChI is InChI=1S/C15H20BrN3O2/c1-3-6-13-18-14(21-19-13)10-20-15-11(9-17-4-2)7-5-8-12(15)16/h5,7-8,17H,3-4,6,9-10H2,1-2H3. The first-order valence-corrected chi connectivity index (χ1v) is 7.96. The summed E-state index contributed by atoms with van der Waals surface area (Å²) in [7, 11) is 0. The van der Waals surface area contributed by atoms with E-state index in [0.717, 1.165) is 47.5 Å². The van der Waals surface area contributed by atoms with Gasteiger partial charge in [-0.1, -0.05) is 31.1 Å². The normalized spacial score (nSPS) is 10.8. The van der Waals surface area contributed by atoms with Crippen molar-refractivity contribution in [2.75, 3.05) is 6.54 Å². The molecular formula is C15H20BrN3O2. The molecule has 0 saturated heterocycles. The molecule has 1 N–H and O–H groups in total. The van der Waals surface area contributed by atoms with Crippen LogP contribution in [0, 0.1) is 0 Å². The van der Waals surface area contributed by atoms with Gasteiger partial charge in [0.15, 0.2) is 12.4 Å². The Balaban J connectivity index is 2.04. The summed E-state index contributed by atoms with van der Waals surface area (Å²) in [5.74, 6) is 2.05. The number of para-hydroxylation sites is 1. The van der Waals surface area contributed by atoms with Gasteiger partial charge in [0.05, 0.1) is 4.47 Å². The molecule has 1 aromatic carbocycles. The Morgan fingerprint density at radius 1 is 1.33 bits per heavy atom. The van der Waals surface area contributed by atoms with E-state index in [1.54, 1.807) is 0 Å². The van der Waals surface area contributed by atoms with Gasteiger partial charge in [-0.05, 0) is 35.0 Å². The highest BCUT2D eigenvalue weighted by atomic mass is 79.9. The second-order valence-electron chi connectivity index (χ2n) is 4.65. The number of aryl methyl sites for hydroxylation is 1. The number of aromatic nitrogens is 2. The lowest BCUT2D eigenvalue weighted by Gasteiger charge is -2.12. The molecule has 6 heteroatoms. The van der Waals surface area contributed by atoms with Crippen molar-refractivity contribution in [3.05, 3.63) is 40.0 Å². The van der Waals surface area contributed by atoms with Gasteiger partial charge in [-0.15, -0.1) is 0 Å². The molecule has 0 aliphatic rings. The molecule has 0 amide bonds. The van der Waals surface area contributed by atoms with Crippen molar-refractivity contribution in [2.24, 2.45) is 0 Å². The number of rotatable bonds is 8. The first kappa shape index (κ1) is 16.0. The number of benzene rings is 1. The average molecular weight is 354 g/mol. The van der Waals surface area contributed by atoms with E-state index in [1.807, 2.05) is 18.2 Å². The Morgan fingerprint density at radius 3 is 2.95 bits per heavy atom. The quantitative estimate of drug-likeness (QED) is 0.787. The third-order valence-electron chi connectivity index (χ3n) is 2.94. The molecule has 0 atom stereocenters. The lowest BCUT2D eigenvalue weighted by atomic mass is 10.2. The molecule has 0 spiro atoms. The fourth-order valence-electron chi connectivity index (χ4n) is 1.92. The van der Waals surface area contributed by atoms with Crippen LogP contribution < -0.4 is 10.1 Å². The molecule has 0 unspecified atom stereocenters. The monoisotopic (exact) mass is 353 g/mol. The molecule has 0 saturated carbocycles. The number of halogens is 1. The van der Waals surface area contributed by atoms with Gasteiger partial charge >= 0.3 is 0 Å². The predicted octanol–water partition coefficient (Wildman–Crippen LogP) is 3.47. The van der Waals surface area contributed by atoms with Crippen LogP contribution in [-0.2, 0) is 19.6 Å². The molecule has 0 aliphatic carbocycles. The highest BCUT2D eigenvalue weighted by molar-refractivity contribution is 9.10.